The maximum Gasteiger partial charge on any atom is 0.306 e. The van der Waals surface area contributed by atoms with Gasteiger partial charge in [0.25, 0.3) is 5.69 Å². The second kappa shape index (κ2) is 6.19. The highest BCUT2D eigenvalue weighted by Crippen LogP contribution is 2.33. The number of para-hydroxylation sites is 1. The fourth-order valence-corrected chi connectivity index (χ4v) is 2.37. The number of sulfonamides is 1. The van der Waals surface area contributed by atoms with Crippen LogP contribution in [0.3, 0.4) is 0 Å². The van der Waals surface area contributed by atoms with E-state index in [0.717, 1.165) is 19.2 Å². The molecule has 2 N–H and O–H groups in total. The van der Waals surface area contributed by atoms with Gasteiger partial charge in [-0.2, -0.15) is 0 Å². The summed E-state index contributed by atoms with van der Waals surface area (Å²) < 4.78 is 29.6. The van der Waals surface area contributed by atoms with Crippen LogP contribution < -0.4 is 4.72 Å². The van der Waals surface area contributed by atoms with Crippen molar-refractivity contribution < 1.29 is 28.0 Å². The summed E-state index contributed by atoms with van der Waals surface area (Å²) in [5, 5.41) is 20.3. The number of carbonyl (C=O) groups is 1. The Kier molecular flexibility index (Phi) is 4.86. The number of hydrogen-bond donors (Lipinski definition) is 2. The Balaban J connectivity index is 2.98. The normalized spacial score (nSPS) is 10.8. The first-order valence-corrected chi connectivity index (χ1v) is 6.95. The van der Waals surface area contributed by atoms with Crippen LogP contribution in [0.4, 0.5) is 11.4 Å². The van der Waals surface area contributed by atoms with Crippen LogP contribution in [0.5, 0.6) is 5.75 Å². The average molecular weight is 304 g/mol. The topological polar surface area (TPSA) is 136 Å². The maximum atomic E-state index is 11.7. The van der Waals surface area contributed by atoms with Gasteiger partial charge in [0, 0.05) is 6.07 Å². The van der Waals surface area contributed by atoms with Crippen LogP contribution >= 0.6 is 0 Å². The summed E-state index contributed by atoms with van der Waals surface area (Å²) in [4.78, 5) is 20.8. The van der Waals surface area contributed by atoms with Crippen molar-refractivity contribution in [2.75, 3.05) is 17.6 Å². The quantitative estimate of drug-likeness (QED) is 0.340. The average Bonchev–Trinajstić information content (AvgIpc) is 2.38. The minimum absolute atomic E-state index is 0.409. The molecular weight excluding hydrogens is 292 g/mol. The van der Waals surface area contributed by atoms with Gasteiger partial charge in [0.05, 0.1) is 24.2 Å². The molecule has 9 nitrogen and oxygen atoms in total. The number of aromatic hydroxyl groups is 1. The van der Waals surface area contributed by atoms with Gasteiger partial charge in [0.15, 0.2) is 5.69 Å². The van der Waals surface area contributed by atoms with Gasteiger partial charge in [-0.1, -0.05) is 6.07 Å². The number of nitro groups is 1. The monoisotopic (exact) mass is 304 g/mol. The number of anilines is 1. The van der Waals surface area contributed by atoms with Crippen molar-refractivity contribution in [1.29, 1.82) is 0 Å². The third kappa shape index (κ3) is 4.09. The summed E-state index contributed by atoms with van der Waals surface area (Å²) in [6, 6.07) is 3.35. The van der Waals surface area contributed by atoms with Crippen LogP contribution in [-0.4, -0.2) is 37.3 Å². The van der Waals surface area contributed by atoms with Crippen molar-refractivity contribution >= 4 is 27.4 Å². The van der Waals surface area contributed by atoms with E-state index < -0.39 is 50.2 Å². The number of nitrogens with zero attached hydrogens (tertiary/aromatic N) is 1. The molecule has 0 amide bonds. The summed E-state index contributed by atoms with van der Waals surface area (Å²) >= 11 is 0. The molecule has 0 bridgehead atoms. The van der Waals surface area contributed by atoms with Crippen molar-refractivity contribution in [2.24, 2.45) is 0 Å². The lowest BCUT2D eigenvalue weighted by Crippen LogP contribution is -2.20. The van der Waals surface area contributed by atoms with E-state index in [1.807, 2.05) is 4.72 Å². The molecule has 0 aromatic heterocycles. The predicted molar refractivity (Wildman–Crippen MR) is 68.8 cm³/mol. The number of carbonyl (C=O) groups excluding carboxylic acids is 1. The molecule has 0 unspecified atom stereocenters. The first-order chi connectivity index (χ1) is 9.26. The van der Waals surface area contributed by atoms with Gasteiger partial charge in [-0.05, 0) is 6.07 Å². The van der Waals surface area contributed by atoms with Gasteiger partial charge < -0.3 is 9.84 Å². The largest absolute Gasteiger partial charge is 0.505 e. The van der Waals surface area contributed by atoms with Crippen molar-refractivity contribution in [3.05, 3.63) is 28.3 Å². The molecule has 1 aromatic carbocycles. The lowest BCUT2D eigenvalue weighted by atomic mass is 10.2. The van der Waals surface area contributed by atoms with Gasteiger partial charge in [-0.3, -0.25) is 19.6 Å². The number of methoxy groups -OCH3 is 1. The van der Waals surface area contributed by atoms with E-state index in [2.05, 4.69) is 4.74 Å². The number of phenolic OH excluding ortho intramolecular Hbond substituents is 1. The van der Waals surface area contributed by atoms with E-state index in [-0.39, 0.29) is 0 Å². The highest BCUT2D eigenvalue weighted by Gasteiger charge is 2.23. The Morgan fingerprint density at radius 1 is 1.50 bits per heavy atom. The zero-order valence-electron chi connectivity index (χ0n) is 10.4. The lowest BCUT2D eigenvalue weighted by Gasteiger charge is -2.09. The van der Waals surface area contributed by atoms with E-state index in [1.54, 1.807) is 0 Å². The number of ether oxygens (including phenoxy) is 1. The lowest BCUT2D eigenvalue weighted by molar-refractivity contribution is -0.383. The third-order valence-corrected chi connectivity index (χ3v) is 3.53. The standard InChI is InChI=1S/C10H12N2O7S/c1-19-9(14)5-6-20(17,18)11-10-7(12(15)16)3-2-4-8(10)13/h2-4,11,13H,5-6H2,1H3. The molecule has 10 heteroatoms. The number of benzene rings is 1. The van der Waals surface area contributed by atoms with Gasteiger partial charge >= 0.3 is 5.97 Å². The van der Waals surface area contributed by atoms with Crippen LogP contribution in [0.2, 0.25) is 0 Å². The number of nitrogens with one attached hydrogen (secondary N) is 1. The van der Waals surface area contributed by atoms with Crippen molar-refractivity contribution in [3.8, 4) is 5.75 Å². The second-order valence-electron chi connectivity index (χ2n) is 3.68. The summed E-state index contributed by atoms with van der Waals surface area (Å²) in [5.41, 5.74) is -1.13. The van der Waals surface area contributed by atoms with E-state index in [9.17, 15) is 28.4 Å². The van der Waals surface area contributed by atoms with E-state index in [0.29, 0.717) is 0 Å². The fraction of sp³-hybridized carbons (Fsp3) is 0.300. The maximum absolute atomic E-state index is 11.7. The molecule has 0 radical (unpaired) electrons. The number of esters is 1. The van der Waals surface area contributed by atoms with E-state index in [4.69, 9.17) is 0 Å². The Morgan fingerprint density at radius 2 is 2.15 bits per heavy atom. The molecule has 0 saturated carbocycles. The van der Waals surface area contributed by atoms with Crippen LogP contribution in [-0.2, 0) is 19.6 Å². The number of hydrogen-bond acceptors (Lipinski definition) is 7. The minimum atomic E-state index is -4.03. The van der Waals surface area contributed by atoms with Crippen LogP contribution in [0.1, 0.15) is 6.42 Å². The Bertz CT molecular complexity index is 626. The Morgan fingerprint density at radius 3 is 2.70 bits per heavy atom. The molecule has 20 heavy (non-hydrogen) atoms. The molecule has 1 rings (SSSR count). The summed E-state index contributed by atoms with van der Waals surface area (Å²) in [7, 11) is -2.93. The Hall–Kier alpha value is -2.36. The fourth-order valence-electron chi connectivity index (χ4n) is 1.31. The molecule has 0 spiro atoms. The zero-order valence-corrected chi connectivity index (χ0v) is 11.2. The van der Waals surface area contributed by atoms with E-state index >= 15 is 0 Å². The molecule has 0 heterocycles. The SMILES string of the molecule is COC(=O)CCS(=O)(=O)Nc1c(O)cccc1[N+](=O)[O-]. The number of nitro benzene ring substituents is 1. The summed E-state index contributed by atoms with van der Waals surface area (Å²) in [6.45, 7) is 0. The molecular formula is C10H12N2O7S. The van der Waals surface area contributed by atoms with Crippen molar-refractivity contribution in [3.63, 3.8) is 0 Å². The smallest absolute Gasteiger partial charge is 0.306 e. The first kappa shape index (κ1) is 15.7. The molecule has 0 aliphatic carbocycles. The predicted octanol–water partition coefficient (Wildman–Crippen LogP) is 0.605. The number of rotatable bonds is 6. The highest BCUT2D eigenvalue weighted by atomic mass is 32.2. The molecule has 0 atom stereocenters. The van der Waals surface area contributed by atoms with Gasteiger partial charge in [0.1, 0.15) is 5.75 Å². The third-order valence-electron chi connectivity index (χ3n) is 2.28. The molecule has 0 aliphatic heterocycles. The van der Waals surface area contributed by atoms with Crippen LogP contribution in [0.15, 0.2) is 18.2 Å². The molecule has 0 saturated heterocycles. The second-order valence-corrected chi connectivity index (χ2v) is 5.52. The molecule has 0 aliphatic rings. The van der Waals surface area contributed by atoms with E-state index in [1.165, 1.54) is 6.07 Å². The summed E-state index contributed by atoms with van der Waals surface area (Å²) in [6.07, 6.45) is -0.409. The first-order valence-electron chi connectivity index (χ1n) is 5.30. The van der Waals surface area contributed by atoms with Gasteiger partial charge in [-0.15, -0.1) is 0 Å². The van der Waals surface area contributed by atoms with Gasteiger partial charge in [-0.25, -0.2) is 8.42 Å². The minimum Gasteiger partial charge on any atom is -0.505 e. The summed E-state index contributed by atoms with van der Waals surface area (Å²) in [5.74, 6) is -1.94. The highest BCUT2D eigenvalue weighted by molar-refractivity contribution is 7.92. The molecule has 110 valence electrons. The van der Waals surface area contributed by atoms with Crippen molar-refractivity contribution in [1.82, 2.24) is 0 Å². The Labute approximate surface area is 114 Å². The zero-order chi connectivity index (χ0) is 15.3. The molecule has 0 fully saturated rings. The van der Waals surface area contributed by atoms with Crippen LogP contribution in [0, 0.1) is 10.1 Å². The van der Waals surface area contributed by atoms with Crippen LogP contribution in [0.25, 0.3) is 0 Å². The van der Waals surface area contributed by atoms with Crippen molar-refractivity contribution in [2.45, 2.75) is 6.42 Å². The van der Waals surface area contributed by atoms with Gasteiger partial charge in [0.2, 0.25) is 10.0 Å². The number of phenols is 1. The molecule has 1 aromatic rings.